The maximum Gasteiger partial charge on any atom is 0.253 e. The standard InChI is InChI=1S/C12H19N3O2/c1-7(2)11(16)6-15-12(17)10-4-9(13)5-14-8(10)3/h4-5,7,11,16H,6,13H2,1-3H3,(H,15,17). The summed E-state index contributed by atoms with van der Waals surface area (Å²) < 4.78 is 0. The van der Waals surface area contributed by atoms with Crippen molar-refractivity contribution in [2.75, 3.05) is 12.3 Å². The Bertz CT molecular complexity index is 405. The molecule has 1 rings (SSSR count). The summed E-state index contributed by atoms with van der Waals surface area (Å²) in [4.78, 5) is 15.8. The molecule has 1 aromatic rings. The number of carbonyl (C=O) groups excluding carboxylic acids is 1. The van der Waals surface area contributed by atoms with Crippen LogP contribution in [0.1, 0.15) is 29.9 Å². The van der Waals surface area contributed by atoms with Crippen LogP contribution in [-0.4, -0.2) is 28.6 Å². The van der Waals surface area contributed by atoms with E-state index in [-0.39, 0.29) is 18.4 Å². The molecule has 0 aliphatic heterocycles. The minimum atomic E-state index is -0.548. The van der Waals surface area contributed by atoms with Gasteiger partial charge < -0.3 is 16.2 Å². The number of nitrogens with zero attached hydrogens (tertiary/aromatic N) is 1. The Morgan fingerprint density at radius 1 is 1.59 bits per heavy atom. The summed E-state index contributed by atoms with van der Waals surface area (Å²) in [6.45, 7) is 5.76. The molecular formula is C12H19N3O2. The van der Waals surface area contributed by atoms with E-state index in [0.29, 0.717) is 16.9 Å². The van der Waals surface area contributed by atoms with Gasteiger partial charge in [-0.15, -0.1) is 0 Å². The number of aliphatic hydroxyl groups is 1. The van der Waals surface area contributed by atoms with Gasteiger partial charge in [-0.2, -0.15) is 0 Å². The third-order valence-electron chi connectivity index (χ3n) is 2.59. The highest BCUT2D eigenvalue weighted by Crippen LogP contribution is 2.09. The first-order chi connectivity index (χ1) is 7.91. The van der Waals surface area contributed by atoms with Crippen molar-refractivity contribution in [1.29, 1.82) is 0 Å². The number of nitrogens with two attached hydrogens (primary N) is 1. The van der Waals surface area contributed by atoms with E-state index in [0.717, 1.165) is 0 Å². The van der Waals surface area contributed by atoms with Gasteiger partial charge in [0.1, 0.15) is 0 Å². The molecule has 1 amide bonds. The van der Waals surface area contributed by atoms with Crippen LogP contribution in [0.2, 0.25) is 0 Å². The number of anilines is 1. The number of aryl methyl sites for hydroxylation is 1. The van der Waals surface area contributed by atoms with Crippen molar-refractivity contribution >= 4 is 11.6 Å². The second kappa shape index (κ2) is 5.63. The molecule has 17 heavy (non-hydrogen) atoms. The maximum absolute atomic E-state index is 11.8. The van der Waals surface area contributed by atoms with Gasteiger partial charge in [-0.05, 0) is 18.9 Å². The molecule has 0 aliphatic rings. The Kier molecular flexibility index (Phi) is 4.45. The van der Waals surface area contributed by atoms with Gasteiger partial charge in [-0.1, -0.05) is 13.8 Å². The first-order valence-corrected chi connectivity index (χ1v) is 5.60. The third kappa shape index (κ3) is 3.71. The average Bonchev–Trinajstić information content (AvgIpc) is 2.28. The van der Waals surface area contributed by atoms with E-state index < -0.39 is 6.10 Å². The van der Waals surface area contributed by atoms with Gasteiger partial charge in [0.15, 0.2) is 0 Å². The molecule has 0 aromatic carbocycles. The van der Waals surface area contributed by atoms with Gasteiger partial charge in [-0.3, -0.25) is 9.78 Å². The number of nitrogen functional groups attached to an aromatic ring is 1. The van der Waals surface area contributed by atoms with Gasteiger partial charge in [0.25, 0.3) is 5.91 Å². The number of hydrogen-bond donors (Lipinski definition) is 3. The number of hydrogen-bond acceptors (Lipinski definition) is 4. The smallest absolute Gasteiger partial charge is 0.253 e. The van der Waals surface area contributed by atoms with E-state index in [9.17, 15) is 9.90 Å². The summed E-state index contributed by atoms with van der Waals surface area (Å²) in [6, 6.07) is 1.58. The summed E-state index contributed by atoms with van der Waals surface area (Å²) in [5.74, 6) is -0.155. The summed E-state index contributed by atoms with van der Waals surface area (Å²) in [5.41, 5.74) is 7.09. The van der Waals surface area contributed by atoms with Gasteiger partial charge in [-0.25, -0.2) is 0 Å². The van der Waals surface area contributed by atoms with Crippen molar-refractivity contribution in [1.82, 2.24) is 10.3 Å². The number of nitrogens with one attached hydrogen (secondary N) is 1. The lowest BCUT2D eigenvalue weighted by Crippen LogP contribution is -2.35. The van der Waals surface area contributed by atoms with Crippen molar-refractivity contribution < 1.29 is 9.90 Å². The molecule has 0 spiro atoms. The summed E-state index contributed by atoms with van der Waals surface area (Å²) >= 11 is 0. The molecule has 1 aromatic heterocycles. The SMILES string of the molecule is Cc1ncc(N)cc1C(=O)NCC(O)C(C)C. The predicted octanol–water partition coefficient (Wildman–Crippen LogP) is 0.719. The number of pyridine rings is 1. The molecule has 4 N–H and O–H groups in total. The number of aliphatic hydroxyl groups excluding tert-OH is 1. The van der Waals surface area contributed by atoms with E-state index in [1.807, 2.05) is 13.8 Å². The topological polar surface area (TPSA) is 88.2 Å². The second-order valence-electron chi connectivity index (χ2n) is 4.42. The van der Waals surface area contributed by atoms with Crippen LogP contribution >= 0.6 is 0 Å². The maximum atomic E-state index is 11.8. The highest BCUT2D eigenvalue weighted by molar-refractivity contribution is 5.95. The van der Waals surface area contributed by atoms with Crippen LogP contribution in [0.25, 0.3) is 0 Å². The van der Waals surface area contributed by atoms with Crippen LogP contribution < -0.4 is 11.1 Å². The van der Waals surface area contributed by atoms with E-state index in [4.69, 9.17) is 5.73 Å². The molecule has 0 bridgehead atoms. The van der Waals surface area contributed by atoms with Crippen molar-refractivity contribution in [2.24, 2.45) is 5.92 Å². The normalized spacial score (nSPS) is 12.5. The monoisotopic (exact) mass is 237 g/mol. The Hall–Kier alpha value is -1.62. The molecule has 0 saturated heterocycles. The first-order valence-electron chi connectivity index (χ1n) is 5.60. The molecule has 0 radical (unpaired) electrons. The molecule has 94 valence electrons. The van der Waals surface area contributed by atoms with E-state index in [1.54, 1.807) is 13.0 Å². The lowest BCUT2D eigenvalue weighted by molar-refractivity contribution is 0.0870. The van der Waals surface area contributed by atoms with Crippen LogP contribution in [0.4, 0.5) is 5.69 Å². The van der Waals surface area contributed by atoms with Crippen LogP contribution in [0.5, 0.6) is 0 Å². The molecule has 1 atom stereocenters. The Labute approximate surface area is 101 Å². The molecule has 0 saturated carbocycles. The van der Waals surface area contributed by atoms with Crippen LogP contribution in [-0.2, 0) is 0 Å². The fourth-order valence-corrected chi connectivity index (χ4v) is 1.31. The zero-order valence-electron chi connectivity index (χ0n) is 10.4. The molecule has 5 nitrogen and oxygen atoms in total. The summed E-state index contributed by atoms with van der Waals surface area (Å²) in [6.07, 6.45) is 0.961. The van der Waals surface area contributed by atoms with Gasteiger partial charge in [0.05, 0.1) is 29.2 Å². The fraction of sp³-hybridized carbons (Fsp3) is 0.500. The Morgan fingerprint density at radius 3 is 2.82 bits per heavy atom. The van der Waals surface area contributed by atoms with Crippen LogP contribution in [0, 0.1) is 12.8 Å². The molecule has 5 heteroatoms. The quantitative estimate of drug-likeness (QED) is 0.720. The van der Waals surface area contributed by atoms with Gasteiger partial charge in [0, 0.05) is 6.54 Å². The number of amides is 1. The number of rotatable bonds is 4. The lowest BCUT2D eigenvalue weighted by Gasteiger charge is -2.15. The molecule has 0 fully saturated rings. The highest BCUT2D eigenvalue weighted by atomic mass is 16.3. The zero-order chi connectivity index (χ0) is 13.0. The largest absolute Gasteiger partial charge is 0.397 e. The lowest BCUT2D eigenvalue weighted by atomic mass is 10.1. The zero-order valence-corrected chi connectivity index (χ0v) is 10.4. The number of carbonyl (C=O) groups is 1. The fourth-order valence-electron chi connectivity index (χ4n) is 1.31. The van der Waals surface area contributed by atoms with Crippen molar-refractivity contribution in [3.63, 3.8) is 0 Å². The minimum Gasteiger partial charge on any atom is -0.397 e. The van der Waals surface area contributed by atoms with Crippen molar-refractivity contribution in [3.05, 3.63) is 23.5 Å². The Balaban J connectivity index is 2.67. The van der Waals surface area contributed by atoms with Crippen molar-refractivity contribution in [2.45, 2.75) is 26.9 Å². The van der Waals surface area contributed by atoms with Crippen LogP contribution in [0.15, 0.2) is 12.3 Å². The third-order valence-corrected chi connectivity index (χ3v) is 2.59. The first kappa shape index (κ1) is 13.4. The van der Waals surface area contributed by atoms with E-state index >= 15 is 0 Å². The molecule has 0 aliphatic carbocycles. The van der Waals surface area contributed by atoms with Gasteiger partial charge >= 0.3 is 0 Å². The summed E-state index contributed by atoms with van der Waals surface area (Å²) in [7, 11) is 0. The van der Waals surface area contributed by atoms with Gasteiger partial charge in [0.2, 0.25) is 0 Å². The average molecular weight is 237 g/mol. The molecular weight excluding hydrogens is 218 g/mol. The predicted molar refractivity (Wildman–Crippen MR) is 66.6 cm³/mol. The van der Waals surface area contributed by atoms with E-state index in [2.05, 4.69) is 10.3 Å². The summed E-state index contributed by atoms with van der Waals surface area (Å²) in [5, 5.41) is 12.3. The highest BCUT2D eigenvalue weighted by Gasteiger charge is 2.14. The second-order valence-corrected chi connectivity index (χ2v) is 4.42. The minimum absolute atomic E-state index is 0.107. The molecule has 1 heterocycles. The van der Waals surface area contributed by atoms with E-state index in [1.165, 1.54) is 6.20 Å². The van der Waals surface area contributed by atoms with Crippen LogP contribution in [0.3, 0.4) is 0 Å². The Morgan fingerprint density at radius 2 is 2.24 bits per heavy atom. The number of aromatic nitrogens is 1. The molecule has 1 unspecified atom stereocenters. The van der Waals surface area contributed by atoms with Crippen molar-refractivity contribution in [3.8, 4) is 0 Å².